The molecule has 0 bridgehead atoms. The Morgan fingerprint density at radius 2 is 2.36 bits per heavy atom. The lowest BCUT2D eigenvalue weighted by atomic mass is 10.1. The minimum atomic E-state index is 0.794. The minimum absolute atomic E-state index is 0.794. The van der Waals surface area contributed by atoms with Gasteiger partial charge in [0.15, 0.2) is 0 Å². The Kier molecular flexibility index (Phi) is 4.84. The number of ether oxygens (including phenoxy) is 1. The van der Waals surface area contributed by atoms with Crippen LogP contribution in [0.25, 0.3) is 6.08 Å². The fourth-order valence-corrected chi connectivity index (χ4v) is 1.22. The molecular weight excluding hydrogens is 172 g/mol. The van der Waals surface area contributed by atoms with Gasteiger partial charge < -0.3 is 4.74 Å². The number of hydrogen-bond donors (Lipinski definition) is 0. The van der Waals surface area contributed by atoms with Crippen molar-refractivity contribution in [2.75, 3.05) is 7.11 Å². The van der Waals surface area contributed by atoms with Crippen LogP contribution in [0.2, 0.25) is 0 Å². The molecule has 1 aromatic carbocycles. The van der Waals surface area contributed by atoms with Crippen LogP contribution in [0.3, 0.4) is 0 Å². The Balaban J connectivity index is 2.53. The van der Waals surface area contributed by atoms with Crippen molar-refractivity contribution in [2.45, 2.75) is 26.2 Å². The van der Waals surface area contributed by atoms with Crippen molar-refractivity contribution in [1.82, 2.24) is 0 Å². The van der Waals surface area contributed by atoms with E-state index < -0.39 is 0 Å². The molecule has 14 heavy (non-hydrogen) atoms. The molecule has 1 radical (unpaired) electrons. The minimum Gasteiger partial charge on any atom is -0.496 e. The molecule has 0 aliphatic rings. The van der Waals surface area contributed by atoms with Crippen LogP contribution < -0.4 is 4.74 Å². The first-order chi connectivity index (χ1) is 6.86. The Morgan fingerprint density at radius 1 is 1.50 bits per heavy atom. The van der Waals surface area contributed by atoms with Gasteiger partial charge in [-0.1, -0.05) is 38.0 Å². The molecule has 0 saturated heterocycles. The van der Waals surface area contributed by atoms with Crippen LogP contribution in [0.1, 0.15) is 31.7 Å². The monoisotopic (exact) mass is 189 g/mol. The third kappa shape index (κ3) is 3.65. The molecule has 0 N–H and O–H groups in total. The lowest BCUT2D eigenvalue weighted by Crippen LogP contribution is -1.82. The first kappa shape index (κ1) is 10.8. The predicted octanol–water partition coefficient (Wildman–Crippen LogP) is 3.70. The summed E-state index contributed by atoms with van der Waals surface area (Å²) in [7, 11) is 1.66. The summed E-state index contributed by atoms with van der Waals surface area (Å²) in [4.78, 5) is 0. The van der Waals surface area contributed by atoms with E-state index in [1.165, 1.54) is 18.4 Å². The smallest absolute Gasteiger partial charge is 0.127 e. The Hall–Kier alpha value is -1.24. The summed E-state index contributed by atoms with van der Waals surface area (Å²) in [5.41, 5.74) is 1.18. The third-order valence-electron chi connectivity index (χ3n) is 2.05. The normalized spacial score (nSPS) is 10.7. The second-order valence-electron chi connectivity index (χ2n) is 3.23. The van der Waals surface area contributed by atoms with E-state index in [-0.39, 0.29) is 0 Å². The largest absolute Gasteiger partial charge is 0.496 e. The van der Waals surface area contributed by atoms with Gasteiger partial charge in [-0.3, -0.25) is 0 Å². The van der Waals surface area contributed by atoms with Gasteiger partial charge in [-0.05, 0) is 24.1 Å². The van der Waals surface area contributed by atoms with E-state index in [9.17, 15) is 0 Å². The topological polar surface area (TPSA) is 9.23 Å². The van der Waals surface area contributed by atoms with Gasteiger partial charge in [0.1, 0.15) is 5.75 Å². The van der Waals surface area contributed by atoms with Gasteiger partial charge in [0.2, 0.25) is 0 Å². The summed E-state index contributed by atoms with van der Waals surface area (Å²) in [6, 6.07) is 8.91. The lowest BCUT2D eigenvalue weighted by molar-refractivity contribution is 0.414. The summed E-state index contributed by atoms with van der Waals surface area (Å²) < 4.78 is 5.09. The number of allylic oxidation sites excluding steroid dienone is 1. The number of methoxy groups -OCH3 is 1. The van der Waals surface area contributed by atoms with E-state index in [4.69, 9.17) is 4.74 Å². The Morgan fingerprint density at radius 3 is 3.07 bits per heavy atom. The molecule has 1 rings (SSSR count). The van der Waals surface area contributed by atoms with Gasteiger partial charge in [-0.2, -0.15) is 0 Å². The van der Waals surface area contributed by atoms with E-state index in [1.54, 1.807) is 7.11 Å². The zero-order valence-corrected chi connectivity index (χ0v) is 8.92. The maximum Gasteiger partial charge on any atom is 0.127 e. The Labute approximate surface area is 86.4 Å². The van der Waals surface area contributed by atoms with Crippen molar-refractivity contribution >= 4 is 6.08 Å². The first-order valence-corrected chi connectivity index (χ1v) is 5.09. The maximum atomic E-state index is 5.09. The van der Waals surface area contributed by atoms with Crippen molar-refractivity contribution in [1.29, 1.82) is 0 Å². The van der Waals surface area contributed by atoms with Crippen LogP contribution in [0, 0.1) is 6.07 Å². The molecule has 0 unspecified atom stereocenters. The van der Waals surface area contributed by atoms with E-state index in [1.807, 2.05) is 18.2 Å². The summed E-state index contributed by atoms with van der Waals surface area (Å²) >= 11 is 0. The van der Waals surface area contributed by atoms with Gasteiger partial charge in [0.05, 0.1) is 7.11 Å². The van der Waals surface area contributed by atoms with Gasteiger partial charge in [-0.15, -0.1) is 0 Å². The highest BCUT2D eigenvalue weighted by Gasteiger charge is 1.91. The average Bonchev–Trinajstić information content (AvgIpc) is 2.25. The second-order valence-corrected chi connectivity index (χ2v) is 3.23. The number of rotatable bonds is 5. The second kappa shape index (κ2) is 6.25. The SMILES string of the molecule is CCCCC=Cc1cc[c]c(OC)c1. The van der Waals surface area contributed by atoms with Crippen molar-refractivity contribution in [2.24, 2.45) is 0 Å². The molecule has 0 heterocycles. The summed E-state index contributed by atoms with van der Waals surface area (Å²) in [5, 5.41) is 0. The molecule has 0 aliphatic heterocycles. The molecule has 0 spiro atoms. The quantitative estimate of drug-likeness (QED) is 0.642. The predicted molar refractivity (Wildman–Crippen MR) is 60.4 cm³/mol. The summed E-state index contributed by atoms with van der Waals surface area (Å²) in [6.45, 7) is 2.20. The summed E-state index contributed by atoms with van der Waals surface area (Å²) in [5.74, 6) is 0.794. The zero-order chi connectivity index (χ0) is 10.2. The highest BCUT2D eigenvalue weighted by molar-refractivity contribution is 5.51. The van der Waals surface area contributed by atoms with Crippen LogP contribution >= 0.6 is 0 Å². The Bertz CT molecular complexity index is 289. The molecule has 1 nitrogen and oxygen atoms in total. The highest BCUT2D eigenvalue weighted by atomic mass is 16.5. The molecule has 0 atom stereocenters. The average molecular weight is 189 g/mol. The molecule has 0 aromatic heterocycles. The van der Waals surface area contributed by atoms with Gasteiger partial charge in [0, 0.05) is 6.07 Å². The molecule has 0 amide bonds. The molecule has 0 aliphatic carbocycles. The first-order valence-electron chi connectivity index (χ1n) is 5.09. The van der Waals surface area contributed by atoms with Crippen LogP contribution in [-0.4, -0.2) is 7.11 Å². The summed E-state index contributed by atoms with van der Waals surface area (Å²) in [6.07, 6.45) is 7.99. The van der Waals surface area contributed by atoms with Crippen molar-refractivity contribution in [3.63, 3.8) is 0 Å². The molecule has 0 saturated carbocycles. The van der Waals surface area contributed by atoms with Crippen LogP contribution in [0.15, 0.2) is 24.3 Å². The molecule has 75 valence electrons. The fourth-order valence-electron chi connectivity index (χ4n) is 1.22. The van der Waals surface area contributed by atoms with Crippen molar-refractivity contribution < 1.29 is 4.74 Å². The zero-order valence-electron chi connectivity index (χ0n) is 8.92. The van der Waals surface area contributed by atoms with Crippen LogP contribution in [-0.2, 0) is 0 Å². The number of unbranched alkanes of at least 4 members (excludes halogenated alkanes) is 2. The number of benzene rings is 1. The third-order valence-corrected chi connectivity index (χ3v) is 2.05. The number of hydrogen-bond acceptors (Lipinski definition) is 1. The van der Waals surface area contributed by atoms with Gasteiger partial charge in [-0.25, -0.2) is 0 Å². The van der Waals surface area contributed by atoms with Crippen LogP contribution in [0.4, 0.5) is 0 Å². The van der Waals surface area contributed by atoms with Crippen molar-refractivity contribution in [3.8, 4) is 5.75 Å². The lowest BCUT2D eigenvalue weighted by Gasteiger charge is -1.99. The molecular formula is C13H17O. The molecule has 1 aromatic rings. The van der Waals surface area contributed by atoms with E-state index in [0.717, 1.165) is 12.2 Å². The van der Waals surface area contributed by atoms with Gasteiger partial charge in [0.25, 0.3) is 0 Å². The standard InChI is InChI=1S/C13H17O/c1-3-4-5-6-8-12-9-7-10-13(11-12)14-2/h6-9,11H,3-5H2,1-2H3. The highest BCUT2D eigenvalue weighted by Crippen LogP contribution is 2.13. The fraction of sp³-hybridized carbons (Fsp3) is 0.385. The molecule has 1 heteroatoms. The van der Waals surface area contributed by atoms with E-state index in [0.29, 0.717) is 0 Å². The van der Waals surface area contributed by atoms with E-state index in [2.05, 4.69) is 25.1 Å². The van der Waals surface area contributed by atoms with Crippen molar-refractivity contribution in [3.05, 3.63) is 35.9 Å². The molecule has 0 fully saturated rings. The van der Waals surface area contributed by atoms with E-state index >= 15 is 0 Å². The van der Waals surface area contributed by atoms with Crippen LogP contribution in [0.5, 0.6) is 5.75 Å². The maximum absolute atomic E-state index is 5.09. The van der Waals surface area contributed by atoms with Gasteiger partial charge >= 0.3 is 0 Å².